The second-order valence-corrected chi connectivity index (χ2v) is 6.27. The van der Waals surface area contributed by atoms with Gasteiger partial charge in [-0.25, -0.2) is 0 Å². The molecular formula is C16H23NO2. The Labute approximate surface area is 115 Å². The van der Waals surface area contributed by atoms with Crippen LogP contribution in [-0.2, 0) is 11.3 Å². The van der Waals surface area contributed by atoms with E-state index < -0.39 is 5.97 Å². The Bertz CT molecular complexity index is 428. The predicted molar refractivity (Wildman–Crippen MR) is 75.9 cm³/mol. The van der Waals surface area contributed by atoms with Gasteiger partial charge in [0.2, 0.25) is 0 Å². The van der Waals surface area contributed by atoms with Crippen molar-refractivity contribution in [1.29, 1.82) is 0 Å². The minimum Gasteiger partial charge on any atom is -0.481 e. The Morgan fingerprint density at radius 2 is 2.05 bits per heavy atom. The van der Waals surface area contributed by atoms with Gasteiger partial charge in [-0.3, -0.25) is 9.69 Å². The Balaban J connectivity index is 1.96. The minimum atomic E-state index is -0.672. The van der Waals surface area contributed by atoms with E-state index in [1.165, 1.54) is 5.56 Å². The van der Waals surface area contributed by atoms with Crippen molar-refractivity contribution >= 4 is 5.97 Å². The van der Waals surface area contributed by atoms with Crippen LogP contribution in [0.4, 0.5) is 0 Å². The summed E-state index contributed by atoms with van der Waals surface area (Å²) < 4.78 is 0. The van der Waals surface area contributed by atoms with Gasteiger partial charge in [0, 0.05) is 19.5 Å². The average Bonchev–Trinajstić information content (AvgIpc) is 2.33. The van der Waals surface area contributed by atoms with E-state index in [0.29, 0.717) is 6.42 Å². The standard InChI is InChI=1S/C16H23NO2/c1-16(2)12-17(9-8-14(16)10-15(18)19)11-13-6-4-3-5-7-13/h3-7,14H,8-12H2,1-2H3,(H,18,19). The first-order valence-corrected chi connectivity index (χ1v) is 6.95. The first kappa shape index (κ1) is 14.1. The van der Waals surface area contributed by atoms with Gasteiger partial charge in [0.15, 0.2) is 0 Å². The van der Waals surface area contributed by atoms with E-state index in [-0.39, 0.29) is 11.3 Å². The van der Waals surface area contributed by atoms with Crippen molar-refractivity contribution in [2.45, 2.75) is 33.2 Å². The van der Waals surface area contributed by atoms with E-state index in [2.05, 4.69) is 43.0 Å². The number of hydrogen-bond acceptors (Lipinski definition) is 2. The summed E-state index contributed by atoms with van der Waals surface area (Å²) in [4.78, 5) is 13.4. The molecule has 1 aliphatic heterocycles. The largest absolute Gasteiger partial charge is 0.481 e. The molecule has 3 nitrogen and oxygen atoms in total. The first-order valence-electron chi connectivity index (χ1n) is 6.95. The Kier molecular flexibility index (Phi) is 4.25. The molecule has 1 unspecified atom stereocenters. The maximum absolute atomic E-state index is 10.9. The van der Waals surface area contributed by atoms with Crippen LogP contribution >= 0.6 is 0 Å². The molecule has 1 atom stereocenters. The zero-order chi connectivity index (χ0) is 13.9. The minimum absolute atomic E-state index is 0.0748. The lowest BCUT2D eigenvalue weighted by Gasteiger charge is -2.44. The van der Waals surface area contributed by atoms with Gasteiger partial charge in [0.1, 0.15) is 0 Å². The van der Waals surface area contributed by atoms with E-state index in [9.17, 15) is 4.79 Å². The maximum atomic E-state index is 10.9. The number of carbonyl (C=O) groups is 1. The molecular weight excluding hydrogens is 238 g/mol. The zero-order valence-electron chi connectivity index (χ0n) is 11.8. The molecule has 104 valence electrons. The van der Waals surface area contributed by atoms with Crippen LogP contribution in [0, 0.1) is 11.3 Å². The third kappa shape index (κ3) is 3.80. The third-order valence-corrected chi connectivity index (χ3v) is 4.20. The number of rotatable bonds is 4. The highest BCUT2D eigenvalue weighted by Gasteiger charge is 2.36. The second-order valence-electron chi connectivity index (χ2n) is 6.27. The van der Waals surface area contributed by atoms with Gasteiger partial charge in [-0.2, -0.15) is 0 Å². The smallest absolute Gasteiger partial charge is 0.303 e. The molecule has 0 saturated carbocycles. The van der Waals surface area contributed by atoms with Crippen LogP contribution in [0.2, 0.25) is 0 Å². The van der Waals surface area contributed by atoms with E-state index in [1.54, 1.807) is 0 Å². The molecule has 1 aromatic rings. The number of benzene rings is 1. The lowest BCUT2D eigenvalue weighted by Crippen LogP contribution is -2.45. The topological polar surface area (TPSA) is 40.5 Å². The fourth-order valence-electron chi connectivity index (χ4n) is 3.08. The number of carboxylic acid groups (broad SMARTS) is 1. The summed E-state index contributed by atoms with van der Waals surface area (Å²) in [5, 5.41) is 8.99. The molecule has 0 aromatic heterocycles. The highest BCUT2D eigenvalue weighted by atomic mass is 16.4. The van der Waals surface area contributed by atoms with Crippen LogP contribution in [0.3, 0.4) is 0 Å². The van der Waals surface area contributed by atoms with E-state index in [0.717, 1.165) is 26.1 Å². The maximum Gasteiger partial charge on any atom is 0.303 e. The normalized spacial score (nSPS) is 23.2. The number of likely N-dealkylation sites (tertiary alicyclic amines) is 1. The summed E-state index contributed by atoms with van der Waals surface area (Å²) in [7, 11) is 0. The molecule has 1 aliphatic rings. The van der Waals surface area contributed by atoms with Crippen LogP contribution in [0.25, 0.3) is 0 Å². The second kappa shape index (κ2) is 5.74. The van der Waals surface area contributed by atoms with Gasteiger partial charge in [-0.15, -0.1) is 0 Å². The molecule has 1 N–H and O–H groups in total. The van der Waals surface area contributed by atoms with E-state index in [4.69, 9.17) is 5.11 Å². The number of nitrogens with zero attached hydrogens (tertiary/aromatic N) is 1. The molecule has 0 amide bonds. The van der Waals surface area contributed by atoms with Crippen molar-refractivity contribution in [2.24, 2.45) is 11.3 Å². The van der Waals surface area contributed by atoms with Crippen molar-refractivity contribution in [3.05, 3.63) is 35.9 Å². The fraction of sp³-hybridized carbons (Fsp3) is 0.562. The average molecular weight is 261 g/mol. The summed E-state index contributed by atoms with van der Waals surface area (Å²) in [5.41, 5.74) is 1.40. The SMILES string of the molecule is CC1(C)CN(Cc2ccccc2)CCC1CC(=O)O. The summed E-state index contributed by atoms with van der Waals surface area (Å²) >= 11 is 0. The Morgan fingerprint density at radius 3 is 2.63 bits per heavy atom. The molecule has 0 bridgehead atoms. The molecule has 0 radical (unpaired) electrons. The van der Waals surface area contributed by atoms with Gasteiger partial charge in [-0.05, 0) is 29.9 Å². The summed E-state index contributed by atoms with van der Waals surface area (Å²) in [5.74, 6) is -0.383. The molecule has 19 heavy (non-hydrogen) atoms. The van der Waals surface area contributed by atoms with Crippen LogP contribution in [-0.4, -0.2) is 29.1 Å². The zero-order valence-corrected chi connectivity index (χ0v) is 11.8. The highest BCUT2D eigenvalue weighted by Crippen LogP contribution is 2.37. The number of piperidine rings is 1. The van der Waals surface area contributed by atoms with Crippen molar-refractivity contribution in [3.63, 3.8) is 0 Å². The predicted octanol–water partition coefficient (Wildman–Crippen LogP) is 3.01. The van der Waals surface area contributed by atoms with Crippen molar-refractivity contribution in [3.8, 4) is 0 Å². The molecule has 2 rings (SSSR count). The molecule has 1 heterocycles. The van der Waals surface area contributed by atoms with Crippen LogP contribution in [0.1, 0.15) is 32.3 Å². The van der Waals surface area contributed by atoms with Gasteiger partial charge in [-0.1, -0.05) is 44.2 Å². The summed E-state index contributed by atoms with van der Waals surface area (Å²) in [6.07, 6.45) is 1.28. The molecule has 1 aromatic carbocycles. The van der Waals surface area contributed by atoms with Crippen LogP contribution in [0.5, 0.6) is 0 Å². The molecule has 0 spiro atoms. The fourth-order valence-corrected chi connectivity index (χ4v) is 3.08. The van der Waals surface area contributed by atoms with Gasteiger partial charge < -0.3 is 5.11 Å². The van der Waals surface area contributed by atoms with E-state index >= 15 is 0 Å². The summed E-state index contributed by atoms with van der Waals surface area (Å²) in [6.45, 7) is 7.32. The first-order chi connectivity index (χ1) is 8.97. The lowest BCUT2D eigenvalue weighted by molar-refractivity contribution is -0.140. The quantitative estimate of drug-likeness (QED) is 0.905. The Hall–Kier alpha value is -1.35. The lowest BCUT2D eigenvalue weighted by atomic mass is 9.72. The number of carboxylic acids is 1. The molecule has 1 fully saturated rings. The van der Waals surface area contributed by atoms with Crippen molar-refractivity contribution in [1.82, 2.24) is 4.90 Å². The molecule has 0 aliphatic carbocycles. The van der Waals surface area contributed by atoms with Gasteiger partial charge in [0.05, 0.1) is 0 Å². The summed E-state index contributed by atoms with van der Waals surface area (Å²) in [6, 6.07) is 10.5. The van der Waals surface area contributed by atoms with Gasteiger partial charge >= 0.3 is 5.97 Å². The number of aliphatic carboxylic acids is 1. The number of hydrogen-bond donors (Lipinski definition) is 1. The third-order valence-electron chi connectivity index (χ3n) is 4.20. The van der Waals surface area contributed by atoms with Crippen LogP contribution in [0.15, 0.2) is 30.3 Å². The van der Waals surface area contributed by atoms with Crippen molar-refractivity contribution < 1.29 is 9.90 Å². The van der Waals surface area contributed by atoms with Crippen LogP contribution < -0.4 is 0 Å². The molecule has 3 heteroatoms. The molecule has 1 saturated heterocycles. The monoisotopic (exact) mass is 261 g/mol. The van der Waals surface area contributed by atoms with Crippen molar-refractivity contribution in [2.75, 3.05) is 13.1 Å². The highest BCUT2D eigenvalue weighted by molar-refractivity contribution is 5.67. The van der Waals surface area contributed by atoms with Gasteiger partial charge in [0.25, 0.3) is 0 Å². The Morgan fingerprint density at radius 1 is 1.37 bits per heavy atom. The van der Waals surface area contributed by atoms with E-state index in [1.807, 2.05) is 6.07 Å².